The molecule has 0 saturated carbocycles. The van der Waals surface area contributed by atoms with Gasteiger partial charge in [0.2, 0.25) is 0 Å². The first-order chi connectivity index (χ1) is 13.8. The molecular weight excluding hydrogens is 428 g/mol. The number of thiophene rings is 1. The Morgan fingerprint density at radius 3 is 2.72 bits per heavy atom. The summed E-state index contributed by atoms with van der Waals surface area (Å²) in [4.78, 5) is 38.3. The molecule has 12 heteroatoms. The number of amides is 1. The van der Waals surface area contributed by atoms with Crippen LogP contribution >= 0.6 is 22.7 Å². The van der Waals surface area contributed by atoms with Crippen LogP contribution in [0.25, 0.3) is 16.3 Å². The van der Waals surface area contributed by atoms with Gasteiger partial charge in [0.05, 0.1) is 22.2 Å². The molecular formula is C17H11F2N3O5S2. The van der Waals surface area contributed by atoms with Gasteiger partial charge in [0.1, 0.15) is 12.4 Å². The number of fused-ring (bicyclic) bond motifs is 1. The Morgan fingerprint density at radius 2 is 2.07 bits per heavy atom. The van der Waals surface area contributed by atoms with Crippen LogP contribution < -0.4 is 4.80 Å². The second-order valence-electron chi connectivity index (χ2n) is 5.50. The first kappa shape index (κ1) is 20.5. The number of nitro groups is 1. The quantitative estimate of drug-likeness (QED) is 0.263. The minimum atomic E-state index is -0.907. The number of thiazole rings is 1. The second kappa shape index (κ2) is 8.41. The molecule has 1 amide bonds. The summed E-state index contributed by atoms with van der Waals surface area (Å²) < 4.78 is 33.6. The number of carbonyl (C=O) groups is 2. The molecule has 150 valence electrons. The topological polar surface area (TPSA) is 104 Å². The van der Waals surface area contributed by atoms with Crippen LogP contribution in [0.3, 0.4) is 0 Å². The van der Waals surface area contributed by atoms with Crippen molar-refractivity contribution in [3.63, 3.8) is 0 Å². The monoisotopic (exact) mass is 439 g/mol. The minimum absolute atomic E-state index is 0.0262. The summed E-state index contributed by atoms with van der Waals surface area (Å²) in [6.07, 6.45) is 2.43. The van der Waals surface area contributed by atoms with Gasteiger partial charge in [-0.25, -0.2) is 8.78 Å². The second-order valence-corrected chi connectivity index (χ2v) is 7.60. The van der Waals surface area contributed by atoms with Crippen molar-refractivity contribution < 1.29 is 28.0 Å². The van der Waals surface area contributed by atoms with Crippen molar-refractivity contribution in [2.24, 2.45) is 4.99 Å². The van der Waals surface area contributed by atoms with Crippen LogP contribution in [0.5, 0.6) is 0 Å². The fraction of sp³-hybridized carbons (Fsp3) is 0.118. The van der Waals surface area contributed by atoms with E-state index in [1.54, 1.807) is 0 Å². The normalized spacial score (nSPS) is 12.0. The maximum atomic E-state index is 14.2. The van der Waals surface area contributed by atoms with E-state index in [2.05, 4.69) is 9.73 Å². The van der Waals surface area contributed by atoms with Crippen molar-refractivity contribution in [3.05, 3.63) is 61.8 Å². The van der Waals surface area contributed by atoms with E-state index in [4.69, 9.17) is 0 Å². The number of aromatic nitrogens is 1. The summed E-state index contributed by atoms with van der Waals surface area (Å²) in [6, 6.07) is 4.51. The molecule has 0 spiro atoms. The molecule has 0 bridgehead atoms. The highest BCUT2D eigenvalue weighted by molar-refractivity contribution is 7.16. The number of hydrogen-bond donors (Lipinski definition) is 0. The number of benzene rings is 1. The van der Waals surface area contributed by atoms with E-state index in [-0.39, 0.29) is 20.0 Å². The molecule has 0 aliphatic heterocycles. The predicted octanol–water partition coefficient (Wildman–Crippen LogP) is 3.26. The summed E-state index contributed by atoms with van der Waals surface area (Å²) >= 11 is 1.71. The Morgan fingerprint density at radius 1 is 1.31 bits per heavy atom. The average molecular weight is 439 g/mol. The fourth-order valence-electron chi connectivity index (χ4n) is 2.37. The third-order valence-electron chi connectivity index (χ3n) is 3.60. The lowest BCUT2D eigenvalue weighted by Crippen LogP contribution is -2.22. The van der Waals surface area contributed by atoms with Crippen LogP contribution in [-0.2, 0) is 20.9 Å². The molecule has 3 aromatic rings. The molecule has 2 heterocycles. The van der Waals surface area contributed by atoms with Crippen molar-refractivity contribution in [3.8, 4) is 0 Å². The van der Waals surface area contributed by atoms with E-state index in [1.807, 2.05) is 0 Å². The summed E-state index contributed by atoms with van der Waals surface area (Å²) in [6.45, 7) is -0.425. The molecule has 0 aliphatic carbocycles. The van der Waals surface area contributed by atoms with E-state index < -0.39 is 35.0 Å². The van der Waals surface area contributed by atoms with Gasteiger partial charge in [-0.2, -0.15) is 4.99 Å². The molecule has 29 heavy (non-hydrogen) atoms. The van der Waals surface area contributed by atoms with Crippen molar-refractivity contribution in [1.82, 2.24) is 4.57 Å². The van der Waals surface area contributed by atoms with Gasteiger partial charge >= 0.3 is 11.0 Å². The molecule has 0 unspecified atom stereocenters. The molecule has 2 aromatic heterocycles. The van der Waals surface area contributed by atoms with E-state index in [9.17, 15) is 28.5 Å². The highest BCUT2D eigenvalue weighted by Gasteiger charge is 2.16. The number of nitrogens with zero attached hydrogens (tertiary/aromatic N) is 3. The summed E-state index contributed by atoms with van der Waals surface area (Å²) in [5, 5.41) is 10.6. The van der Waals surface area contributed by atoms with Gasteiger partial charge in [-0.15, -0.1) is 0 Å². The zero-order valence-electron chi connectivity index (χ0n) is 14.6. The van der Waals surface area contributed by atoms with Crippen LogP contribution in [0.4, 0.5) is 13.8 Å². The number of rotatable bonds is 5. The lowest BCUT2D eigenvalue weighted by molar-refractivity contribution is -0.380. The maximum Gasteiger partial charge on any atom is 0.325 e. The van der Waals surface area contributed by atoms with E-state index >= 15 is 0 Å². The number of esters is 1. The number of halogens is 2. The van der Waals surface area contributed by atoms with Crippen molar-refractivity contribution in [2.45, 2.75) is 6.54 Å². The summed E-state index contributed by atoms with van der Waals surface area (Å²) in [5.41, 5.74) is -0.0776. The van der Waals surface area contributed by atoms with E-state index in [1.165, 1.54) is 18.2 Å². The molecule has 0 N–H and O–H groups in total. The van der Waals surface area contributed by atoms with Crippen LogP contribution in [0.2, 0.25) is 0 Å². The van der Waals surface area contributed by atoms with Gasteiger partial charge < -0.3 is 9.30 Å². The zero-order chi connectivity index (χ0) is 21.1. The lowest BCUT2D eigenvalue weighted by Gasteiger charge is -2.04. The molecule has 8 nitrogen and oxygen atoms in total. The molecule has 0 fully saturated rings. The van der Waals surface area contributed by atoms with Crippen LogP contribution in [0, 0.1) is 21.7 Å². The third kappa shape index (κ3) is 4.60. The largest absolute Gasteiger partial charge is 0.468 e. The van der Waals surface area contributed by atoms with Crippen LogP contribution in [0.15, 0.2) is 35.3 Å². The van der Waals surface area contributed by atoms with Crippen molar-refractivity contribution in [1.29, 1.82) is 0 Å². The maximum absolute atomic E-state index is 14.2. The molecule has 0 aliphatic rings. The smallest absolute Gasteiger partial charge is 0.325 e. The Balaban J connectivity index is 2.01. The SMILES string of the molecule is COC(=O)Cn1c(=NC(=O)/C=C/c2ccc([N+](=O)[O-])s2)sc2cc(F)cc(F)c21. The van der Waals surface area contributed by atoms with Crippen LogP contribution in [-0.4, -0.2) is 28.5 Å². The van der Waals surface area contributed by atoms with Crippen molar-refractivity contribution in [2.75, 3.05) is 7.11 Å². The van der Waals surface area contributed by atoms with Gasteiger partial charge in [-0.1, -0.05) is 22.7 Å². The Bertz CT molecular complexity index is 1230. The number of ether oxygens (including phenoxy) is 1. The molecule has 3 rings (SSSR count). The number of methoxy groups -OCH3 is 1. The van der Waals surface area contributed by atoms with E-state index in [0.717, 1.165) is 46.5 Å². The fourth-order valence-corrected chi connectivity index (χ4v) is 4.17. The lowest BCUT2D eigenvalue weighted by atomic mass is 10.3. The number of hydrogen-bond acceptors (Lipinski definition) is 7. The molecule has 0 saturated heterocycles. The van der Waals surface area contributed by atoms with Crippen molar-refractivity contribution >= 4 is 55.8 Å². The Hall–Kier alpha value is -3.25. The first-order valence-corrected chi connectivity index (χ1v) is 9.48. The minimum Gasteiger partial charge on any atom is -0.468 e. The van der Waals surface area contributed by atoms with E-state index in [0.29, 0.717) is 10.9 Å². The van der Waals surface area contributed by atoms with Gasteiger partial charge in [-0.3, -0.25) is 19.7 Å². The summed E-state index contributed by atoms with van der Waals surface area (Å²) in [5.74, 6) is -3.16. The number of carbonyl (C=O) groups excluding carboxylic acids is 2. The Kier molecular flexibility index (Phi) is 5.94. The third-order valence-corrected chi connectivity index (χ3v) is 5.63. The average Bonchev–Trinajstić information content (AvgIpc) is 3.25. The standard InChI is InChI=1S/C17H11F2N3O5S2/c1-27-15(24)8-21-16-11(19)6-9(18)7-12(16)29-17(21)20-13(23)4-2-10-3-5-14(28-10)22(25)26/h2-7H,8H2,1H3/b4-2+,20-17?. The van der Waals surface area contributed by atoms with Crippen LogP contribution in [0.1, 0.15) is 4.88 Å². The molecule has 1 aromatic carbocycles. The highest BCUT2D eigenvalue weighted by Crippen LogP contribution is 2.25. The summed E-state index contributed by atoms with van der Waals surface area (Å²) in [7, 11) is 1.15. The predicted molar refractivity (Wildman–Crippen MR) is 102 cm³/mol. The zero-order valence-corrected chi connectivity index (χ0v) is 16.3. The van der Waals surface area contributed by atoms with Gasteiger partial charge in [0.15, 0.2) is 10.6 Å². The molecule has 0 radical (unpaired) electrons. The van der Waals surface area contributed by atoms with Gasteiger partial charge in [-0.05, 0) is 18.2 Å². The Labute approximate surface area is 169 Å². The van der Waals surface area contributed by atoms with Gasteiger partial charge in [0, 0.05) is 23.1 Å². The highest BCUT2D eigenvalue weighted by atomic mass is 32.1. The first-order valence-electron chi connectivity index (χ1n) is 7.84. The molecule has 0 atom stereocenters. The van der Waals surface area contributed by atoms with Gasteiger partial charge in [0.25, 0.3) is 5.91 Å².